The molecule has 0 amide bonds. The molecule has 0 saturated heterocycles. The molecule has 0 aromatic heterocycles. The molecule has 2 unspecified atom stereocenters. The van der Waals surface area contributed by atoms with Gasteiger partial charge in [-0.15, -0.1) is 0 Å². The third-order valence-electron chi connectivity index (χ3n) is 5.85. The summed E-state index contributed by atoms with van der Waals surface area (Å²) in [5.41, 5.74) is -5.15. The van der Waals surface area contributed by atoms with E-state index in [1.165, 1.54) is 0 Å². The summed E-state index contributed by atoms with van der Waals surface area (Å²) in [5.74, 6) is -1.17. The van der Waals surface area contributed by atoms with Crippen LogP contribution >= 0.6 is 0 Å². The second kappa shape index (κ2) is 4.63. The molecule has 4 nitrogen and oxygen atoms in total. The lowest BCUT2D eigenvalue weighted by Gasteiger charge is -2.63. The quantitative estimate of drug-likeness (QED) is 0.778. The topological polar surface area (TPSA) is 66.8 Å². The standard InChI is InChI=1S/C16H23F3O4/c1-12(2,16(17,18)19)11(20)23-9-13-3-10-4-14(21,6-13)8-15(22,5-10)7-13/h10,21-22H,3-9H2,1-2H3. The highest BCUT2D eigenvalue weighted by Crippen LogP contribution is 2.63. The molecule has 0 heterocycles. The van der Waals surface area contributed by atoms with Crippen molar-refractivity contribution in [2.24, 2.45) is 16.7 Å². The van der Waals surface area contributed by atoms with Crippen LogP contribution in [0, 0.1) is 16.7 Å². The summed E-state index contributed by atoms with van der Waals surface area (Å²) in [4.78, 5) is 11.9. The highest BCUT2D eigenvalue weighted by Gasteiger charge is 2.63. The normalized spacial score (nSPS) is 42.8. The van der Waals surface area contributed by atoms with Crippen molar-refractivity contribution in [1.29, 1.82) is 0 Å². The number of aliphatic hydroxyl groups is 2. The smallest absolute Gasteiger partial charge is 0.404 e. The minimum absolute atomic E-state index is 0.135. The average molecular weight is 336 g/mol. The van der Waals surface area contributed by atoms with Gasteiger partial charge in [0.05, 0.1) is 17.8 Å². The molecule has 0 radical (unpaired) electrons. The Hall–Kier alpha value is -0.820. The number of hydrogen-bond acceptors (Lipinski definition) is 4. The summed E-state index contributed by atoms with van der Waals surface area (Å²) >= 11 is 0. The van der Waals surface area contributed by atoms with Crippen molar-refractivity contribution in [2.45, 2.75) is 69.8 Å². The molecule has 2 atom stereocenters. The van der Waals surface area contributed by atoms with Crippen molar-refractivity contribution in [3.63, 3.8) is 0 Å². The lowest BCUT2D eigenvalue weighted by Crippen LogP contribution is -2.64. The van der Waals surface area contributed by atoms with Gasteiger partial charge < -0.3 is 14.9 Å². The molecule has 4 aliphatic carbocycles. The van der Waals surface area contributed by atoms with Gasteiger partial charge in [0.25, 0.3) is 0 Å². The molecule has 7 heteroatoms. The fourth-order valence-electron chi connectivity index (χ4n) is 5.21. The van der Waals surface area contributed by atoms with E-state index in [1.54, 1.807) is 0 Å². The third-order valence-corrected chi connectivity index (χ3v) is 5.85. The summed E-state index contributed by atoms with van der Waals surface area (Å²) < 4.78 is 43.8. The summed E-state index contributed by atoms with van der Waals surface area (Å²) in [7, 11) is 0. The molecule has 4 aliphatic rings. The predicted molar refractivity (Wildman–Crippen MR) is 74.3 cm³/mol. The Morgan fingerprint density at radius 3 is 2.04 bits per heavy atom. The van der Waals surface area contributed by atoms with Gasteiger partial charge in [-0.05, 0) is 51.9 Å². The van der Waals surface area contributed by atoms with E-state index in [4.69, 9.17) is 4.74 Å². The molecule has 23 heavy (non-hydrogen) atoms. The zero-order valence-electron chi connectivity index (χ0n) is 13.4. The maximum atomic E-state index is 12.9. The molecule has 0 aliphatic heterocycles. The number of ether oxygens (including phenoxy) is 1. The van der Waals surface area contributed by atoms with Crippen LogP contribution in [-0.4, -0.2) is 40.2 Å². The van der Waals surface area contributed by atoms with Crippen LogP contribution in [0.25, 0.3) is 0 Å². The van der Waals surface area contributed by atoms with Crippen molar-refractivity contribution in [1.82, 2.24) is 0 Å². The van der Waals surface area contributed by atoms with Crippen LogP contribution in [0.2, 0.25) is 0 Å². The zero-order valence-corrected chi connectivity index (χ0v) is 13.4. The molecule has 4 bridgehead atoms. The Balaban J connectivity index is 1.73. The molecule has 4 rings (SSSR count). The van der Waals surface area contributed by atoms with E-state index in [0.29, 0.717) is 38.5 Å². The first-order chi connectivity index (χ1) is 10.3. The van der Waals surface area contributed by atoms with E-state index in [0.717, 1.165) is 13.8 Å². The third kappa shape index (κ3) is 2.76. The van der Waals surface area contributed by atoms with Gasteiger partial charge in [-0.1, -0.05) is 0 Å². The van der Waals surface area contributed by atoms with Crippen molar-refractivity contribution in [3.05, 3.63) is 0 Å². The lowest BCUT2D eigenvalue weighted by molar-refractivity contribution is -0.249. The number of carbonyl (C=O) groups excluding carboxylic acids is 1. The maximum absolute atomic E-state index is 12.9. The first kappa shape index (κ1) is 17.0. The van der Waals surface area contributed by atoms with Gasteiger partial charge in [0.1, 0.15) is 0 Å². The zero-order chi connectivity index (χ0) is 17.3. The second-order valence-corrected chi connectivity index (χ2v) is 8.66. The van der Waals surface area contributed by atoms with Crippen molar-refractivity contribution in [2.75, 3.05) is 6.61 Å². The van der Waals surface area contributed by atoms with Crippen LogP contribution in [0.3, 0.4) is 0 Å². The molecule has 0 aromatic carbocycles. The number of carbonyl (C=O) groups is 1. The number of alkyl halides is 3. The Kier molecular flexibility index (Phi) is 3.42. The van der Waals surface area contributed by atoms with Crippen LogP contribution in [0.5, 0.6) is 0 Å². The Bertz CT molecular complexity index is 510. The Morgan fingerprint density at radius 1 is 1.09 bits per heavy atom. The van der Waals surface area contributed by atoms with Crippen LogP contribution in [0.4, 0.5) is 13.2 Å². The van der Waals surface area contributed by atoms with Crippen molar-refractivity contribution < 1.29 is 32.9 Å². The van der Waals surface area contributed by atoms with Gasteiger partial charge in [-0.2, -0.15) is 13.2 Å². The number of rotatable bonds is 3. The molecule has 0 spiro atoms. The molecule has 132 valence electrons. The van der Waals surface area contributed by atoms with Crippen LogP contribution in [-0.2, 0) is 9.53 Å². The molecule has 4 fully saturated rings. The maximum Gasteiger partial charge on any atom is 0.404 e. The fourth-order valence-corrected chi connectivity index (χ4v) is 5.21. The van der Waals surface area contributed by atoms with E-state index in [9.17, 15) is 28.2 Å². The Labute approximate surface area is 133 Å². The van der Waals surface area contributed by atoms with Crippen molar-refractivity contribution >= 4 is 5.97 Å². The van der Waals surface area contributed by atoms with Crippen LogP contribution in [0.1, 0.15) is 52.4 Å². The van der Waals surface area contributed by atoms with Gasteiger partial charge >= 0.3 is 12.1 Å². The van der Waals surface area contributed by atoms with Gasteiger partial charge in [-0.3, -0.25) is 4.79 Å². The molecular formula is C16H23F3O4. The van der Waals surface area contributed by atoms with Crippen LogP contribution in [0.15, 0.2) is 0 Å². The summed E-state index contributed by atoms with van der Waals surface area (Å²) in [6.45, 7) is 1.43. The highest BCUT2D eigenvalue weighted by molar-refractivity contribution is 5.76. The van der Waals surface area contributed by atoms with Gasteiger partial charge in [0.15, 0.2) is 5.41 Å². The number of esters is 1. The van der Waals surface area contributed by atoms with Crippen molar-refractivity contribution in [3.8, 4) is 0 Å². The van der Waals surface area contributed by atoms with E-state index >= 15 is 0 Å². The SMILES string of the molecule is CC(C)(C(=O)OCC12CC3CC(O)(CC(O)(C3)C1)C2)C(F)(F)F. The first-order valence-electron chi connectivity index (χ1n) is 7.97. The minimum Gasteiger partial charge on any atom is -0.464 e. The monoisotopic (exact) mass is 336 g/mol. The Morgan fingerprint density at radius 2 is 1.61 bits per heavy atom. The predicted octanol–water partition coefficient (Wildman–Crippen LogP) is 2.56. The summed E-state index contributed by atoms with van der Waals surface area (Å²) in [6, 6.07) is 0. The lowest BCUT2D eigenvalue weighted by atomic mass is 9.46. The average Bonchev–Trinajstić information content (AvgIpc) is 2.29. The molecule has 2 N–H and O–H groups in total. The minimum atomic E-state index is -4.68. The first-order valence-corrected chi connectivity index (χ1v) is 7.97. The highest BCUT2D eigenvalue weighted by atomic mass is 19.4. The van der Waals surface area contributed by atoms with Gasteiger partial charge in [-0.25, -0.2) is 0 Å². The molecular weight excluding hydrogens is 313 g/mol. The van der Waals surface area contributed by atoms with E-state index in [2.05, 4.69) is 0 Å². The molecule has 0 aromatic rings. The number of hydrogen-bond donors (Lipinski definition) is 2. The second-order valence-electron chi connectivity index (χ2n) is 8.66. The van der Waals surface area contributed by atoms with Crippen LogP contribution < -0.4 is 0 Å². The van der Waals surface area contributed by atoms with E-state index < -0.39 is 34.2 Å². The largest absolute Gasteiger partial charge is 0.464 e. The van der Waals surface area contributed by atoms with Gasteiger partial charge in [0.2, 0.25) is 0 Å². The summed E-state index contributed by atoms with van der Waals surface area (Å²) in [5, 5.41) is 21.2. The fraction of sp³-hybridized carbons (Fsp3) is 0.938. The number of halogens is 3. The van der Waals surface area contributed by atoms with E-state index in [-0.39, 0.29) is 12.5 Å². The molecule has 4 saturated carbocycles. The van der Waals surface area contributed by atoms with E-state index in [1.807, 2.05) is 0 Å². The van der Waals surface area contributed by atoms with Gasteiger partial charge in [0, 0.05) is 11.8 Å². The summed E-state index contributed by atoms with van der Waals surface area (Å²) in [6.07, 6.45) is -1.73.